The summed E-state index contributed by atoms with van der Waals surface area (Å²) < 4.78 is 6.40. The second kappa shape index (κ2) is 5.60. The molecule has 1 aliphatic heterocycles. The molecule has 1 saturated heterocycles. The van der Waals surface area contributed by atoms with Gasteiger partial charge in [-0.3, -0.25) is 14.9 Å². The fourth-order valence-electron chi connectivity index (χ4n) is 2.06. The molecule has 9 heteroatoms. The number of pyridine rings is 1. The summed E-state index contributed by atoms with van der Waals surface area (Å²) in [5, 5.41) is 10.9. The van der Waals surface area contributed by atoms with Crippen LogP contribution in [0.5, 0.6) is 0 Å². The van der Waals surface area contributed by atoms with Gasteiger partial charge in [0.25, 0.3) is 0 Å². The molecule has 0 N–H and O–H groups in total. The molecule has 1 fully saturated rings. The van der Waals surface area contributed by atoms with Gasteiger partial charge in [0.2, 0.25) is 0 Å². The Balaban J connectivity index is 2.13. The van der Waals surface area contributed by atoms with Crippen LogP contribution in [0, 0.1) is 10.1 Å². The number of nitrogens with zero attached hydrogens (tertiary/aromatic N) is 3. The molecule has 1 aliphatic rings. The van der Waals surface area contributed by atoms with E-state index in [9.17, 15) is 19.7 Å². The molecule has 8 nitrogen and oxygen atoms in total. The van der Waals surface area contributed by atoms with E-state index in [1.54, 1.807) is 20.8 Å². The maximum atomic E-state index is 12.0. The van der Waals surface area contributed by atoms with Crippen molar-refractivity contribution in [3.8, 4) is 0 Å². The molecule has 2 heterocycles. The Hall–Kier alpha value is -2.09. The molecule has 0 atom stereocenters. The van der Waals surface area contributed by atoms with E-state index in [1.807, 2.05) is 0 Å². The first kappa shape index (κ1) is 16.3. The highest BCUT2D eigenvalue weighted by Gasteiger charge is 2.36. The van der Waals surface area contributed by atoms with E-state index in [-0.39, 0.29) is 24.2 Å². The molecular weight excluding hydrogens is 314 g/mol. The zero-order valence-corrected chi connectivity index (χ0v) is 13.2. The van der Waals surface area contributed by atoms with Gasteiger partial charge < -0.3 is 14.2 Å². The first-order valence-corrected chi connectivity index (χ1v) is 7.00. The summed E-state index contributed by atoms with van der Waals surface area (Å²) in [6.07, 6.45) is 0.863. The van der Waals surface area contributed by atoms with E-state index in [0.717, 1.165) is 6.07 Å². The first-order valence-electron chi connectivity index (χ1n) is 6.62. The molecule has 0 radical (unpaired) electrons. The summed E-state index contributed by atoms with van der Waals surface area (Å²) in [6, 6.07) is 0.669. The predicted molar refractivity (Wildman–Crippen MR) is 79.2 cm³/mol. The van der Waals surface area contributed by atoms with Crippen molar-refractivity contribution in [2.24, 2.45) is 0 Å². The number of likely N-dealkylation sites (tertiary alicyclic amines) is 1. The number of rotatable bonds is 2. The Kier molecular flexibility index (Phi) is 4.15. The molecule has 0 bridgehead atoms. The zero-order chi connectivity index (χ0) is 16.7. The van der Waals surface area contributed by atoms with Gasteiger partial charge in [-0.2, -0.15) is 0 Å². The number of hydrogen-bond acceptors (Lipinski definition) is 5. The van der Waals surface area contributed by atoms with Crippen LogP contribution in [-0.4, -0.2) is 39.2 Å². The number of aromatic nitrogens is 1. The van der Waals surface area contributed by atoms with E-state index < -0.39 is 27.9 Å². The third kappa shape index (κ3) is 3.38. The lowest BCUT2D eigenvalue weighted by Gasteiger charge is -2.40. The minimum atomic E-state index is -0.769. The Bertz CT molecular complexity index is 673. The summed E-state index contributed by atoms with van der Waals surface area (Å²) in [5.74, 6) is 0. The Morgan fingerprint density at radius 1 is 1.45 bits per heavy atom. The molecule has 22 heavy (non-hydrogen) atoms. The van der Waals surface area contributed by atoms with Crippen LogP contribution in [0.2, 0.25) is 5.02 Å². The molecule has 1 aromatic rings. The van der Waals surface area contributed by atoms with E-state index in [2.05, 4.69) is 0 Å². The molecule has 1 aromatic heterocycles. The van der Waals surface area contributed by atoms with Crippen molar-refractivity contribution >= 4 is 23.4 Å². The van der Waals surface area contributed by atoms with Crippen molar-refractivity contribution < 1.29 is 14.5 Å². The third-order valence-corrected chi connectivity index (χ3v) is 3.30. The summed E-state index contributed by atoms with van der Waals surface area (Å²) in [7, 11) is 0. The number of nitro groups is 1. The number of hydrogen-bond donors (Lipinski definition) is 0. The molecule has 0 aliphatic carbocycles. The molecule has 0 unspecified atom stereocenters. The summed E-state index contributed by atoms with van der Waals surface area (Å²) in [5.41, 5.74) is -1.92. The Morgan fingerprint density at radius 2 is 2.05 bits per heavy atom. The van der Waals surface area contributed by atoms with E-state index in [4.69, 9.17) is 16.3 Å². The number of amides is 1. The highest BCUT2D eigenvalue weighted by molar-refractivity contribution is 6.30. The maximum absolute atomic E-state index is 12.0. The second-order valence-electron chi connectivity index (χ2n) is 6.05. The smallest absolute Gasteiger partial charge is 0.410 e. The van der Waals surface area contributed by atoms with Crippen LogP contribution in [0.3, 0.4) is 0 Å². The van der Waals surface area contributed by atoms with Crippen molar-refractivity contribution in [2.45, 2.75) is 32.4 Å². The summed E-state index contributed by atoms with van der Waals surface area (Å²) in [4.78, 5) is 35.3. The van der Waals surface area contributed by atoms with Crippen molar-refractivity contribution in [1.29, 1.82) is 0 Å². The van der Waals surface area contributed by atoms with Crippen LogP contribution in [0.1, 0.15) is 26.8 Å². The largest absolute Gasteiger partial charge is 0.444 e. The minimum Gasteiger partial charge on any atom is -0.444 e. The highest BCUT2D eigenvalue weighted by Crippen LogP contribution is 2.24. The molecule has 0 aromatic carbocycles. The van der Waals surface area contributed by atoms with Gasteiger partial charge in [0.15, 0.2) is 0 Å². The molecule has 0 saturated carbocycles. The fourth-order valence-corrected chi connectivity index (χ4v) is 2.27. The summed E-state index contributed by atoms with van der Waals surface area (Å²) in [6.45, 7) is 5.76. The van der Waals surface area contributed by atoms with Crippen molar-refractivity contribution in [3.63, 3.8) is 0 Å². The van der Waals surface area contributed by atoms with Gasteiger partial charge in [0, 0.05) is 25.4 Å². The normalized spacial score (nSPS) is 15.4. The Morgan fingerprint density at radius 3 is 2.55 bits per heavy atom. The van der Waals surface area contributed by atoms with E-state index in [0.29, 0.717) is 0 Å². The molecular formula is C13H16ClN3O5. The monoisotopic (exact) mass is 329 g/mol. The molecule has 120 valence electrons. The van der Waals surface area contributed by atoms with Crippen LogP contribution in [0.25, 0.3) is 0 Å². The van der Waals surface area contributed by atoms with Crippen molar-refractivity contribution in [3.05, 3.63) is 37.8 Å². The van der Waals surface area contributed by atoms with Crippen molar-refractivity contribution in [1.82, 2.24) is 9.47 Å². The van der Waals surface area contributed by atoms with Gasteiger partial charge in [-0.15, -0.1) is 0 Å². The fraction of sp³-hybridized carbons (Fsp3) is 0.538. The topological polar surface area (TPSA) is 94.7 Å². The lowest BCUT2D eigenvalue weighted by molar-refractivity contribution is -0.386. The average Bonchev–Trinajstić information content (AvgIpc) is 2.28. The van der Waals surface area contributed by atoms with Gasteiger partial charge >= 0.3 is 17.3 Å². The van der Waals surface area contributed by atoms with Crippen LogP contribution in [-0.2, 0) is 4.74 Å². The van der Waals surface area contributed by atoms with Gasteiger partial charge in [-0.25, -0.2) is 4.79 Å². The van der Waals surface area contributed by atoms with Gasteiger partial charge in [0.1, 0.15) is 5.60 Å². The van der Waals surface area contributed by atoms with E-state index in [1.165, 1.54) is 15.7 Å². The molecule has 2 rings (SSSR count). The van der Waals surface area contributed by atoms with E-state index >= 15 is 0 Å². The highest BCUT2D eigenvalue weighted by atomic mass is 35.5. The van der Waals surface area contributed by atoms with Gasteiger partial charge in [-0.1, -0.05) is 11.6 Å². The third-order valence-electron chi connectivity index (χ3n) is 3.09. The van der Waals surface area contributed by atoms with Gasteiger partial charge in [-0.05, 0) is 20.8 Å². The van der Waals surface area contributed by atoms with Crippen LogP contribution in [0.15, 0.2) is 17.1 Å². The Labute approximate surface area is 131 Å². The zero-order valence-electron chi connectivity index (χ0n) is 12.4. The van der Waals surface area contributed by atoms with Crippen LogP contribution < -0.4 is 5.56 Å². The van der Waals surface area contributed by atoms with Crippen LogP contribution >= 0.6 is 11.6 Å². The SMILES string of the molecule is CC(C)(C)OC(=O)N1CC(n2cc(Cl)cc([N+](=O)[O-])c2=O)C1. The van der Waals surface area contributed by atoms with Crippen LogP contribution in [0.4, 0.5) is 10.5 Å². The molecule has 1 amide bonds. The van der Waals surface area contributed by atoms with Gasteiger partial charge in [0.05, 0.1) is 16.0 Å². The second-order valence-corrected chi connectivity index (χ2v) is 6.49. The number of halogens is 1. The number of ether oxygens (including phenoxy) is 1. The number of carbonyl (C=O) groups excluding carboxylic acids is 1. The summed E-state index contributed by atoms with van der Waals surface area (Å²) >= 11 is 5.81. The average molecular weight is 330 g/mol. The maximum Gasteiger partial charge on any atom is 0.410 e. The predicted octanol–water partition coefficient (Wildman–Crippen LogP) is 2.20. The number of carbonyl (C=O) groups is 1. The quantitative estimate of drug-likeness (QED) is 0.612. The minimum absolute atomic E-state index is 0.0991. The molecule has 0 spiro atoms. The lowest BCUT2D eigenvalue weighted by atomic mass is 10.1. The van der Waals surface area contributed by atoms with Crippen molar-refractivity contribution in [2.75, 3.05) is 13.1 Å². The first-order chi connectivity index (χ1) is 10.1. The lowest BCUT2D eigenvalue weighted by Crippen LogP contribution is -2.54. The standard InChI is InChI=1S/C13H16ClN3O5/c1-13(2,3)22-12(19)15-6-9(7-15)16-5-8(14)4-10(11(16)18)17(20)21/h4-5,9H,6-7H2,1-3H3.